The largest absolute Gasteiger partial charge is 0.465 e. The zero-order valence-corrected chi connectivity index (χ0v) is 9.87. The Bertz CT molecular complexity index is 621. The SMILES string of the molecule is COC(=O)c1c[nH]c2c(Br)cncc2c1=O. The van der Waals surface area contributed by atoms with Crippen molar-refractivity contribution in [2.45, 2.75) is 0 Å². The Morgan fingerprint density at radius 1 is 1.50 bits per heavy atom. The zero-order chi connectivity index (χ0) is 11.7. The van der Waals surface area contributed by atoms with Gasteiger partial charge in [-0.05, 0) is 15.9 Å². The van der Waals surface area contributed by atoms with Gasteiger partial charge in [0.05, 0.1) is 22.5 Å². The van der Waals surface area contributed by atoms with E-state index in [0.717, 1.165) is 0 Å². The van der Waals surface area contributed by atoms with Crippen molar-refractivity contribution in [3.63, 3.8) is 0 Å². The Hall–Kier alpha value is -1.69. The summed E-state index contributed by atoms with van der Waals surface area (Å²) in [4.78, 5) is 29.9. The van der Waals surface area contributed by atoms with E-state index in [1.165, 1.54) is 19.5 Å². The fraction of sp³-hybridized carbons (Fsp3) is 0.100. The molecule has 0 amide bonds. The first-order valence-corrected chi connectivity index (χ1v) is 5.17. The number of halogens is 1. The monoisotopic (exact) mass is 282 g/mol. The van der Waals surface area contributed by atoms with Crippen molar-refractivity contribution in [2.24, 2.45) is 0 Å². The van der Waals surface area contributed by atoms with E-state index in [1.807, 2.05) is 0 Å². The van der Waals surface area contributed by atoms with Crippen LogP contribution >= 0.6 is 15.9 Å². The highest BCUT2D eigenvalue weighted by molar-refractivity contribution is 9.10. The van der Waals surface area contributed by atoms with Gasteiger partial charge in [-0.3, -0.25) is 9.78 Å². The predicted molar refractivity (Wildman–Crippen MR) is 61.4 cm³/mol. The molecule has 2 aromatic rings. The number of carbonyl (C=O) groups is 1. The first-order chi connectivity index (χ1) is 7.65. The fourth-order valence-corrected chi connectivity index (χ4v) is 1.82. The standard InChI is InChI=1S/C10H7BrN2O3/c1-16-10(15)6-3-13-8-5(9(6)14)2-12-4-7(8)11/h2-4H,1H3,(H,13,14). The molecule has 0 unspecified atom stereocenters. The molecule has 0 aliphatic rings. The molecule has 0 radical (unpaired) electrons. The Kier molecular flexibility index (Phi) is 2.74. The highest BCUT2D eigenvalue weighted by Crippen LogP contribution is 2.17. The lowest BCUT2D eigenvalue weighted by Gasteiger charge is -2.02. The third-order valence-electron chi connectivity index (χ3n) is 2.16. The number of nitrogens with one attached hydrogen (secondary N) is 1. The topological polar surface area (TPSA) is 72.1 Å². The molecule has 2 rings (SSSR count). The third-order valence-corrected chi connectivity index (χ3v) is 2.76. The lowest BCUT2D eigenvalue weighted by molar-refractivity contribution is 0.0599. The lowest BCUT2D eigenvalue weighted by atomic mass is 10.2. The lowest BCUT2D eigenvalue weighted by Crippen LogP contribution is -2.17. The maximum atomic E-state index is 11.9. The van der Waals surface area contributed by atoms with Gasteiger partial charge in [0.15, 0.2) is 0 Å². The molecular formula is C10H7BrN2O3. The van der Waals surface area contributed by atoms with Gasteiger partial charge < -0.3 is 9.72 Å². The van der Waals surface area contributed by atoms with Crippen LogP contribution in [0, 0.1) is 0 Å². The second-order valence-corrected chi connectivity index (χ2v) is 3.92. The normalized spacial score (nSPS) is 10.4. The number of pyridine rings is 2. The first kappa shape index (κ1) is 10.8. The summed E-state index contributed by atoms with van der Waals surface area (Å²) in [6.45, 7) is 0. The van der Waals surface area contributed by atoms with Crippen LogP contribution in [0.5, 0.6) is 0 Å². The Labute approximate surface area is 98.6 Å². The van der Waals surface area contributed by atoms with Crippen LogP contribution in [0.3, 0.4) is 0 Å². The van der Waals surface area contributed by atoms with Crippen molar-refractivity contribution < 1.29 is 9.53 Å². The minimum absolute atomic E-state index is 0.0325. The number of rotatable bonds is 1. The molecule has 0 bridgehead atoms. The van der Waals surface area contributed by atoms with Gasteiger partial charge in [-0.2, -0.15) is 0 Å². The first-order valence-electron chi connectivity index (χ1n) is 4.38. The minimum atomic E-state index is -0.664. The van der Waals surface area contributed by atoms with Gasteiger partial charge in [0.2, 0.25) is 5.43 Å². The van der Waals surface area contributed by atoms with E-state index < -0.39 is 11.4 Å². The van der Waals surface area contributed by atoms with Gasteiger partial charge in [0.25, 0.3) is 0 Å². The zero-order valence-electron chi connectivity index (χ0n) is 8.28. The molecule has 0 aliphatic heterocycles. The summed E-state index contributed by atoms with van der Waals surface area (Å²) in [7, 11) is 1.23. The van der Waals surface area contributed by atoms with Crippen molar-refractivity contribution >= 4 is 32.8 Å². The van der Waals surface area contributed by atoms with Gasteiger partial charge in [0.1, 0.15) is 5.56 Å². The highest BCUT2D eigenvalue weighted by Gasteiger charge is 2.14. The van der Waals surface area contributed by atoms with Gasteiger partial charge in [0, 0.05) is 18.6 Å². The van der Waals surface area contributed by atoms with E-state index in [2.05, 4.69) is 30.6 Å². The van der Waals surface area contributed by atoms with Crippen LogP contribution in [0.1, 0.15) is 10.4 Å². The number of aromatic nitrogens is 2. The van der Waals surface area contributed by atoms with E-state index in [9.17, 15) is 9.59 Å². The van der Waals surface area contributed by atoms with Crippen LogP contribution in [0.25, 0.3) is 10.9 Å². The molecule has 0 aromatic carbocycles. The smallest absolute Gasteiger partial charge is 0.343 e. The number of methoxy groups -OCH3 is 1. The molecule has 1 N–H and O–H groups in total. The number of hydrogen-bond acceptors (Lipinski definition) is 4. The van der Waals surface area contributed by atoms with Gasteiger partial charge >= 0.3 is 5.97 Å². The molecule has 0 fully saturated rings. The maximum absolute atomic E-state index is 11.9. The van der Waals surface area contributed by atoms with Crippen LogP contribution in [0.4, 0.5) is 0 Å². The van der Waals surface area contributed by atoms with Crippen molar-refractivity contribution in [3.05, 3.63) is 38.9 Å². The molecule has 5 nitrogen and oxygen atoms in total. The average molecular weight is 283 g/mol. The van der Waals surface area contributed by atoms with Crippen LogP contribution in [0.15, 0.2) is 27.9 Å². The average Bonchev–Trinajstić information content (AvgIpc) is 2.30. The van der Waals surface area contributed by atoms with E-state index in [-0.39, 0.29) is 5.56 Å². The number of aromatic amines is 1. The van der Waals surface area contributed by atoms with Crippen molar-refractivity contribution in [1.82, 2.24) is 9.97 Å². The van der Waals surface area contributed by atoms with Crippen molar-refractivity contribution in [3.8, 4) is 0 Å². The van der Waals surface area contributed by atoms with Crippen molar-refractivity contribution in [1.29, 1.82) is 0 Å². The molecule has 6 heteroatoms. The Balaban J connectivity index is 2.81. The quantitative estimate of drug-likeness (QED) is 0.804. The predicted octanol–water partition coefficient (Wildman–Crippen LogP) is 1.47. The molecule has 2 heterocycles. The summed E-state index contributed by atoms with van der Waals surface area (Å²) in [5.41, 5.74) is 0.178. The van der Waals surface area contributed by atoms with E-state index in [1.54, 1.807) is 6.20 Å². The number of nitrogens with zero attached hydrogens (tertiary/aromatic N) is 1. The molecule has 16 heavy (non-hydrogen) atoms. The Morgan fingerprint density at radius 2 is 2.25 bits per heavy atom. The number of H-pyrrole nitrogens is 1. The molecule has 0 aliphatic carbocycles. The summed E-state index contributed by atoms with van der Waals surface area (Å²) in [6, 6.07) is 0. The number of esters is 1. The molecule has 0 saturated carbocycles. The van der Waals surface area contributed by atoms with E-state index >= 15 is 0 Å². The summed E-state index contributed by atoms with van der Waals surface area (Å²) in [5, 5.41) is 0.345. The van der Waals surface area contributed by atoms with Crippen LogP contribution in [-0.4, -0.2) is 23.0 Å². The third kappa shape index (κ3) is 1.61. The minimum Gasteiger partial charge on any atom is -0.465 e. The second-order valence-electron chi connectivity index (χ2n) is 3.07. The summed E-state index contributed by atoms with van der Waals surface area (Å²) in [5.74, 6) is -0.664. The van der Waals surface area contributed by atoms with Crippen LogP contribution in [-0.2, 0) is 4.74 Å². The second kappa shape index (κ2) is 4.05. The molecule has 82 valence electrons. The number of fused-ring (bicyclic) bond motifs is 1. The van der Waals surface area contributed by atoms with Crippen LogP contribution < -0.4 is 5.43 Å². The van der Waals surface area contributed by atoms with E-state index in [4.69, 9.17) is 0 Å². The summed E-state index contributed by atoms with van der Waals surface area (Å²) in [6.07, 6.45) is 4.31. The van der Waals surface area contributed by atoms with Crippen LogP contribution in [0.2, 0.25) is 0 Å². The summed E-state index contributed by atoms with van der Waals surface area (Å²) < 4.78 is 5.17. The Morgan fingerprint density at radius 3 is 2.94 bits per heavy atom. The summed E-state index contributed by atoms with van der Waals surface area (Å²) >= 11 is 3.26. The molecule has 0 spiro atoms. The number of carbonyl (C=O) groups excluding carboxylic acids is 1. The van der Waals surface area contributed by atoms with Crippen molar-refractivity contribution in [2.75, 3.05) is 7.11 Å². The number of ether oxygens (including phenoxy) is 1. The fourth-order valence-electron chi connectivity index (χ4n) is 1.37. The maximum Gasteiger partial charge on any atom is 0.343 e. The molecule has 2 aromatic heterocycles. The molecule has 0 atom stereocenters. The highest BCUT2D eigenvalue weighted by atomic mass is 79.9. The van der Waals surface area contributed by atoms with Gasteiger partial charge in [-0.15, -0.1) is 0 Å². The molecule has 0 saturated heterocycles. The van der Waals surface area contributed by atoms with Gasteiger partial charge in [-0.25, -0.2) is 4.79 Å². The number of hydrogen-bond donors (Lipinski definition) is 1. The van der Waals surface area contributed by atoms with Gasteiger partial charge in [-0.1, -0.05) is 0 Å². The molecular weight excluding hydrogens is 276 g/mol. The van der Waals surface area contributed by atoms with E-state index in [0.29, 0.717) is 15.4 Å².